The summed E-state index contributed by atoms with van der Waals surface area (Å²) < 4.78 is 0. The first-order chi connectivity index (χ1) is 33.6. The van der Waals surface area contributed by atoms with Gasteiger partial charge in [0.25, 0.3) is 0 Å². The quantitative estimate of drug-likeness (QED) is 0.183. The summed E-state index contributed by atoms with van der Waals surface area (Å²) in [4.78, 5) is 22.0. The standard InChI is InChI=1S/C60H60Cl8N4/c1-57(2,3)33-21-13-29(14-22-33)37-49-41(61)43(63)51(69-49)38(30-15-23-34(24-16-30)58(4,5)6)53-45(65)47(67)55(71-53)40(32-19-27-36(28-20-32)60(10,11)12)56-48(68)46(66)54(72-56)39(52-44(64)42(62)50(37)70-52)31-17-25-35(26-18-31)59(7,8)9/h13-28,41-48H,1-12H3/b49-37-,50-37?,51-38?,52-39-,53-38-,54-39?,55-40?,56-40-. The molecule has 376 valence electrons. The van der Waals surface area contributed by atoms with Crippen LogP contribution in [0.2, 0.25) is 0 Å². The molecule has 72 heavy (non-hydrogen) atoms. The Morgan fingerprint density at radius 2 is 0.403 bits per heavy atom. The maximum absolute atomic E-state index is 7.67. The zero-order valence-corrected chi connectivity index (χ0v) is 48.7. The highest BCUT2D eigenvalue weighted by Gasteiger charge is 2.48. The molecule has 9 rings (SSSR count). The predicted octanol–water partition coefficient (Wildman–Crippen LogP) is 17.5. The van der Waals surface area contributed by atoms with Gasteiger partial charge in [-0.2, -0.15) is 0 Å². The van der Waals surface area contributed by atoms with Crippen molar-refractivity contribution < 1.29 is 0 Å². The molecule has 0 saturated heterocycles. The third kappa shape index (κ3) is 9.70. The van der Waals surface area contributed by atoms with E-state index in [1.165, 1.54) is 0 Å². The highest BCUT2D eigenvalue weighted by molar-refractivity contribution is 6.56. The number of halogens is 8. The number of allylic oxidation sites excluding steroid dienone is 8. The van der Waals surface area contributed by atoms with Gasteiger partial charge in [0, 0.05) is 22.3 Å². The molecule has 4 aromatic rings. The van der Waals surface area contributed by atoms with Crippen molar-refractivity contribution in [1.29, 1.82) is 0 Å². The van der Waals surface area contributed by atoms with E-state index in [9.17, 15) is 0 Å². The second-order valence-corrected chi connectivity index (χ2v) is 27.3. The van der Waals surface area contributed by atoms with Gasteiger partial charge in [-0.3, -0.25) is 20.0 Å². The largest absolute Gasteiger partial charge is 0.253 e. The lowest BCUT2D eigenvalue weighted by atomic mass is 9.85. The van der Waals surface area contributed by atoms with Crippen LogP contribution in [0.15, 0.2) is 140 Å². The Morgan fingerprint density at radius 1 is 0.250 bits per heavy atom. The van der Waals surface area contributed by atoms with E-state index in [1.54, 1.807) is 0 Å². The van der Waals surface area contributed by atoms with E-state index < -0.39 is 43.0 Å². The van der Waals surface area contributed by atoms with Crippen LogP contribution in [0.5, 0.6) is 0 Å². The zero-order valence-electron chi connectivity index (χ0n) is 42.7. The van der Waals surface area contributed by atoms with Crippen molar-refractivity contribution in [3.05, 3.63) is 164 Å². The molecular weight excluding hydrogens is 1060 g/mol. The summed E-state index contributed by atoms with van der Waals surface area (Å²) in [7, 11) is 0. The monoisotopic (exact) mass is 1120 g/mol. The number of hydrogen-bond donors (Lipinski definition) is 0. The summed E-state index contributed by atoms with van der Waals surface area (Å²) in [5, 5.41) is -6.84. The molecule has 0 N–H and O–H groups in total. The number of hydrogen-bond acceptors (Lipinski definition) is 4. The van der Waals surface area contributed by atoms with E-state index in [0.29, 0.717) is 67.9 Å². The van der Waals surface area contributed by atoms with Crippen LogP contribution in [0, 0.1) is 0 Å². The summed E-state index contributed by atoms with van der Waals surface area (Å²) in [6.07, 6.45) is 0. The van der Waals surface area contributed by atoms with Crippen LogP contribution in [-0.2, 0) is 21.7 Å². The lowest BCUT2D eigenvalue weighted by Crippen LogP contribution is -2.26. The molecule has 5 aliphatic heterocycles. The summed E-state index contributed by atoms with van der Waals surface area (Å²) in [6, 6.07) is 33.5. The van der Waals surface area contributed by atoms with Crippen molar-refractivity contribution in [1.82, 2.24) is 0 Å². The fraction of sp³-hybridized carbons (Fsp3) is 0.400. The molecule has 0 radical (unpaired) electrons. The minimum atomic E-state index is -0.856. The Balaban J connectivity index is 1.45. The minimum absolute atomic E-state index is 0.119. The topological polar surface area (TPSA) is 49.4 Å². The summed E-state index contributed by atoms with van der Waals surface area (Å²) in [5.74, 6) is 0. The van der Waals surface area contributed by atoms with Crippen molar-refractivity contribution in [2.75, 3.05) is 0 Å². The molecule has 12 heteroatoms. The molecule has 0 fully saturated rings. The highest BCUT2D eigenvalue weighted by atomic mass is 35.5. The number of benzene rings is 4. The van der Waals surface area contributed by atoms with E-state index in [1.807, 2.05) is 0 Å². The number of fused-ring (bicyclic) bond motifs is 4. The molecule has 0 aromatic heterocycles. The Bertz CT molecular complexity index is 2670. The molecule has 8 atom stereocenters. The number of rotatable bonds is 4. The van der Waals surface area contributed by atoms with Gasteiger partial charge in [0.1, 0.15) is 0 Å². The first-order valence-electron chi connectivity index (χ1n) is 24.5. The van der Waals surface area contributed by atoms with Gasteiger partial charge in [-0.05, 0) is 66.2 Å². The normalized spacial score (nSPS) is 30.2. The van der Waals surface area contributed by atoms with Crippen molar-refractivity contribution in [3.63, 3.8) is 0 Å². The van der Waals surface area contributed by atoms with Crippen molar-refractivity contribution >= 4 is 138 Å². The van der Waals surface area contributed by atoms with Gasteiger partial charge in [0.15, 0.2) is 0 Å². The van der Waals surface area contributed by atoms with Gasteiger partial charge in [-0.1, -0.05) is 180 Å². The summed E-state index contributed by atoms with van der Waals surface area (Å²) >= 11 is 61.4. The molecular formula is C60H60Cl8N4. The number of nitrogens with zero attached hydrogens (tertiary/aromatic N) is 4. The van der Waals surface area contributed by atoms with Gasteiger partial charge in [-0.25, -0.2) is 0 Å². The summed E-state index contributed by atoms with van der Waals surface area (Å²) in [5.41, 5.74) is 13.7. The SMILES string of the molecule is CC(C)(C)c1ccc(/C2=C3N=C(/C(c4ccc(C(C)(C)C)cc4)=C4N=C(/C(c5ccc(C(C)(C)C)cc5)=C5N=C(/C(c6ccc(C(C)(C)C)cc6)=C6N=C2C(Cl)C\6Cl)C(Cl)C\5Cl)C(Cl)C\4Cl)C(Cl)C/3Cl)cc1. The predicted molar refractivity (Wildman–Crippen MR) is 315 cm³/mol. The van der Waals surface area contributed by atoms with Crippen LogP contribution in [0.25, 0.3) is 22.3 Å². The minimum Gasteiger partial charge on any atom is -0.253 e. The fourth-order valence-electron chi connectivity index (χ4n) is 9.93. The Kier molecular flexibility index (Phi) is 14.5. The average molecular weight is 1120 g/mol. The lowest BCUT2D eigenvalue weighted by Gasteiger charge is -2.21. The van der Waals surface area contributed by atoms with Crippen LogP contribution < -0.4 is 0 Å². The van der Waals surface area contributed by atoms with Crippen molar-refractivity contribution in [2.45, 2.75) is 148 Å². The van der Waals surface area contributed by atoms with E-state index in [-0.39, 0.29) is 21.7 Å². The van der Waals surface area contributed by atoms with E-state index in [4.69, 9.17) is 113 Å². The molecule has 5 heterocycles. The maximum atomic E-state index is 7.67. The van der Waals surface area contributed by atoms with E-state index in [2.05, 4.69) is 180 Å². The van der Waals surface area contributed by atoms with Gasteiger partial charge < -0.3 is 0 Å². The molecule has 0 saturated carbocycles. The van der Waals surface area contributed by atoms with Crippen LogP contribution >= 0.6 is 92.8 Å². The van der Waals surface area contributed by atoms with Crippen LogP contribution in [0.3, 0.4) is 0 Å². The average Bonchev–Trinajstić information content (AvgIpc) is 3.97. The maximum Gasteiger partial charge on any atom is 0.0984 e. The second-order valence-electron chi connectivity index (χ2n) is 23.6. The summed E-state index contributed by atoms with van der Waals surface area (Å²) in [6.45, 7) is 26.2. The van der Waals surface area contributed by atoms with Crippen molar-refractivity contribution in [3.8, 4) is 0 Å². The lowest BCUT2D eigenvalue weighted by molar-refractivity contribution is 0.590. The van der Waals surface area contributed by atoms with Crippen LogP contribution in [0.1, 0.15) is 128 Å². The fourth-order valence-corrected chi connectivity index (χ4v) is 12.1. The Morgan fingerprint density at radius 3 is 0.542 bits per heavy atom. The second kappa shape index (κ2) is 19.4. The number of aliphatic imine (C=N–C) groups is 4. The highest BCUT2D eigenvalue weighted by Crippen LogP contribution is 2.50. The molecule has 0 amide bonds. The molecule has 0 spiro atoms. The van der Waals surface area contributed by atoms with Gasteiger partial charge >= 0.3 is 0 Å². The molecule has 8 bridgehead atoms. The third-order valence-electron chi connectivity index (χ3n) is 14.3. The number of alkyl halides is 8. The van der Waals surface area contributed by atoms with Crippen LogP contribution in [-0.4, -0.2) is 65.9 Å². The molecule has 4 nitrogen and oxygen atoms in total. The van der Waals surface area contributed by atoms with Crippen LogP contribution in [0.4, 0.5) is 0 Å². The molecule has 8 unspecified atom stereocenters. The van der Waals surface area contributed by atoms with Crippen molar-refractivity contribution in [2.24, 2.45) is 20.0 Å². The van der Waals surface area contributed by atoms with E-state index in [0.717, 1.165) is 44.5 Å². The molecule has 5 aliphatic rings. The van der Waals surface area contributed by atoms with Gasteiger partial charge in [0.05, 0.1) is 88.7 Å². The third-order valence-corrected chi connectivity index (χ3v) is 18.5. The first kappa shape index (κ1) is 53.7. The van der Waals surface area contributed by atoms with E-state index >= 15 is 0 Å². The molecule has 0 aliphatic carbocycles. The molecule has 4 aromatic carbocycles. The van der Waals surface area contributed by atoms with Gasteiger partial charge in [-0.15, -0.1) is 92.8 Å². The smallest absolute Gasteiger partial charge is 0.0984 e. The Hall–Kier alpha value is -3.16. The zero-order chi connectivity index (χ0) is 52.3. The Labute approximate surface area is 466 Å². The first-order valence-corrected chi connectivity index (χ1v) is 28.0. The van der Waals surface area contributed by atoms with Gasteiger partial charge in [0.2, 0.25) is 0 Å².